The number of nitrogens with zero attached hydrogens (tertiary/aromatic N) is 1. The topological polar surface area (TPSA) is 32.3 Å². The lowest BCUT2D eigenvalue weighted by atomic mass is 9.94. The molecular formula is C18H20N2O. The number of anilines is 1. The van der Waals surface area contributed by atoms with E-state index in [9.17, 15) is 4.79 Å². The molecule has 0 aliphatic carbocycles. The van der Waals surface area contributed by atoms with E-state index in [0.717, 1.165) is 18.7 Å². The van der Waals surface area contributed by atoms with E-state index in [-0.39, 0.29) is 11.9 Å². The number of nitrogens with one attached hydrogen (secondary N) is 1. The lowest BCUT2D eigenvalue weighted by molar-refractivity contribution is -0.121. The van der Waals surface area contributed by atoms with Crippen LogP contribution in [0, 0.1) is 6.92 Å². The van der Waals surface area contributed by atoms with Gasteiger partial charge in [0.05, 0.1) is 6.04 Å². The number of benzene rings is 2. The van der Waals surface area contributed by atoms with Crippen LogP contribution in [0.3, 0.4) is 0 Å². The number of amides is 1. The van der Waals surface area contributed by atoms with Crippen LogP contribution in [-0.4, -0.2) is 23.9 Å². The van der Waals surface area contributed by atoms with E-state index < -0.39 is 0 Å². The fourth-order valence-corrected chi connectivity index (χ4v) is 2.81. The second-order valence-corrected chi connectivity index (χ2v) is 5.76. The Balaban J connectivity index is 1.74. The van der Waals surface area contributed by atoms with Gasteiger partial charge in [0.15, 0.2) is 0 Å². The molecule has 0 saturated carbocycles. The van der Waals surface area contributed by atoms with Crippen molar-refractivity contribution >= 4 is 11.6 Å². The van der Waals surface area contributed by atoms with Gasteiger partial charge in [-0.2, -0.15) is 0 Å². The predicted octanol–water partition coefficient (Wildman–Crippen LogP) is 2.99. The molecule has 108 valence electrons. The van der Waals surface area contributed by atoms with Gasteiger partial charge in [0.2, 0.25) is 5.91 Å². The first-order valence-electron chi connectivity index (χ1n) is 7.28. The molecule has 0 saturated heterocycles. The van der Waals surface area contributed by atoms with Gasteiger partial charge >= 0.3 is 0 Å². The Kier molecular flexibility index (Phi) is 3.76. The average Bonchev–Trinajstić information content (AvgIpc) is 2.49. The molecule has 1 N–H and O–H groups in total. The zero-order chi connectivity index (χ0) is 14.8. The van der Waals surface area contributed by atoms with Crippen LogP contribution in [0.5, 0.6) is 0 Å². The van der Waals surface area contributed by atoms with E-state index in [4.69, 9.17) is 0 Å². The van der Waals surface area contributed by atoms with Crippen LogP contribution < -0.4 is 5.32 Å². The maximum absolute atomic E-state index is 12.5. The summed E-state index contributed by atoms with van der Waals surface area (Å²) in [5.74, 6) is 0.0656. The molecule has 21 heavy (non-hydrogen) atoms. The first kappa shape index (κ1) is 13.8. The minimum absolute atomic E-state index is 0.0656. The summed E-state index contributed by atoms with van der Waals surface area (Å²) in [5.41, 5.74) is 4.65. The van der Waals surface area contributed by atoms with Gasteiger partial charge in [-0.3, -0.25) is 9.69 Å². The summed E-state index contributed by atoms with van der Waals surface area (Å²) in [6.07, 6.45) is 0.768. The minimum atomic E-state index is -0.110. The first-order valence-corrected chi connectivity index (χ1v) is 7.28. The van der Waals surface area contributed by atoms with Crippen LogP contribution in [0.4, 0.5) is 5.69 Å². The third kappa shape index (κ3) is 2.98. The van der Waals surface area contributed by atoms with Crippen LogP contribution >= 0.6 is 0 Å². The van der Waals surface area contributed by atoms with Crippen molar-refractivity contribution in [1.29, 1.82) is 0 Å². The normalized spacial score (nSPS) is 18.1. The molecule has 3 heteroatoms. The third-order valence-electron chi connectivity index (χ3n) is 4.11. The van der Waals surface area contributed by atoms with Crippen molar-refractivity contribution in [1.82, 2.24) is 4.90 Å². The van der Waals surface area contributed by atoms with Gasteiger partial charge in [-0.25, -0.2) is 0 Å². The Bertz CT molecular complexity index is 649. The molecule has 0 bridgehead atoms. The van der Waals surface area contributed by atoms with E-state index in [2.05, 4.69) is 28.4 Å². The molecular weight excluding hydrogens is 260 g/mol. The predicted molar refractivity (Wildman–Crippen MR) is 85.2 cm³/mol. The monoisotopic (exact) mass is 280 g/mol. The largest absolute Gasteiger partial charge is 0.325 e. The Labute approximate surface area is 125 Å². The molecule has 2 aromatic carbocycles. The zero-order valence-electron chi connectivity index (χ0n) is 12.5. The van der Waals surface area contributed by atoms with Gasteiger partial charge in [-0.05, 0) is 43.7 Å². The highest BCUT2D eigenvalue weighted by molar-refractivity contribution is 5.95. The van der Waals surface area contributed by atoms with Crippen molar-refractivity contribution in [3.63, 3.8) is 0 Å². The van der Waals surface area contributed by atoms with Crippen molar-refractivity contribution < 1.29 is 4.79 Å². The van der Waals surface area contributed by atoms with Gasteiger partial charge in [-0.1, -0.05) is 42.0 Å². The van der Waals surface area contributed by atoms with Crippen molar-refractivity contribution in [3.8, 4) is 0 Å². The molecule has 1 amide bonds. The van der Waals surface area contributed by atoms with Gasteiger partial charge < -0.3 is 5.32 Å². The lowest BCUT2D eigenvalue weighted by Crippen LogP contribution is -2.45. The number of aryl methyl sites for hydroxylation is 1. The summed E-state index contributed by atoms with van der Waals surface area (Å²) in [6, 6.07) is 16.2. The maximum atomic E-state index is 12.5. The molecule has 1 unspecified atom stereocenters. The number of hydrogen-bond donors (Lipinski definition) is 1. The molecule has 0 fully saturated rings. The van der Waals surface area contributed by atoms with Crippen molar-refractivity contribution in [2.45, 2.75) is 25.9 Å². The standard InChI is InChI=1S/C18H20N2O/c1-13-7-9-16(10-8-13)19-18(21)17-11-14-5-3-4-6-15(14)12-20(17)2/h3-10,17H,11-12H2,1-2H3,(H,19,21). The van der Waals surface area contributed by atoms with Crippen LogP contribution in [0.1, 0.15) is 16.7 Å². The Morgan fingerprint density at radius 1 is 1.10 bits per heavy atom. The molecule has 0 radical (unpaired) electrons. The van der Waals surface area contributed by atoms with E-state index in [0.29, 0.717) is 0 Å². The van der Waals surface area contributed by atoms with Crippen molar-refractivity contribution in [2.75, 3.05) is 12.4 Å². The fourth-order valence-electron chi connectivity index (χ4n) is 2.81. The third-order valence-corrected chi connectivity index (χ3v) is 4.11. The number of fused-ring (bicyclic) bond motifs is 1. The van der Waals surface area contributed by atoms with E-state index in [1.165, 1.54) is 16.7 Å². The second kappa shape index (κ2) is 5.70. The number of hydrogen-bond acceptors (Lipinski definition) is 2. The van der Waals surface area contributed by atoms with Gasteiger partial charge in [-0.15, -0.1) is 0 Å². The maximum Gasteiger partial charge on any atom is 0.242 e. The number of rotatable bonds is 2. The second-order valence-electron chi connectivity index (χ2n) is 5.76. The summed E-state index contributed by atoms with van der Waals surface area (Å²) in [5, 5.41) is 3.02. The Hall–Kier alpha value is -2.13. The Morgan fingerprint density at radius 3 is 2.48 bits per heavy atom. The molecule has 3 rings (SSSR count). The van der Waals surface area contributed by atoms with Crippen molar-refractivity contribution in [2.24, 2.45) is 0 Å². The van der Waals surface area contributed by atoms with Crippen molar-refractivity contribution in [3.05, 3.63) is 65.2 Å². The zero-order valence-corrected chi connectivity index (χ0v) is 12.5. The number of likely N-dealkylation sites (N-methyl/N-ethyl adjacent to an activating group) is 1. The first-order chi connectivity index (χ1) is 10.1. The van der Waals surface area contributed by atoms with Crippen LogP contribution in [0.15, 0.2) is 48.5 Å². The Morgan fingerprint density at radius 2 is 1.76 bits per heavy atom. The molecule has 1 aliphatic rings. The molecule has 0 spiro atoms. The highest BCUT2D eigenvalue weighted by Crippen LogP contribution is 2.23. The molecule has 1 atom stereocenters. The highest BCUT2D eigenvalue weighted by atomic mass is 16.2. The molecule has 1 aliphatic heterocycles. The minimum Gasteiger partial charge on any atom is -0.325 e. The molecule has 3 nitrogen and oxygen atoms in total. The summed E-state index contributed by atoms with van der Waals surface area (Å²) < 4.78 is 0. The lowest BCUT2D eigenvalue weighted by Gasteiger charge is -2.33. The van der Waals surface area contributed by atoms with Crippen LogP contribution in [-0.2, 0) is 17.8 Å². The number of carbonyl (C=O) groups is 1. The summed E-state index contributed by atoms with van der Waals surface area (Å²) >= 11 is 0. The molecule has 0 aromatic heterocycles. The summed E-state index contributed by atoms with van der Waals surface area (Å²) in [4.78, 5) is 14.6. The quantitative estimate of drug-likeness (QED) is 0.917. The van der Waals surface area contributed by atoms with Crippen LogP contribution in [0.25, 0.3) is 0 Å². The van der Waals surface area contributed by atoms with Gasteiger partial charge in [0.1, 0.15) is 0 Å². The smallest absolute Gasteiger partial charge is 0.242 e. The number of carbonyl (C=O) groups excluding carboxylic acids is 1. The van der Waals surface area contributed by atoms with E-state index in [1.807, 2.05) is 44.3 Å². The molecule has 1 heterocycles. The van der Waals surface area contributed by atoms with Crippen LogP contribution in [0.2, 0.25) is 0 Å². The highest BCUT2D eigenvalue weighted by Gasteiger charge is 2.28. The molecule has 2 aromatic rings. The van der Waals surface area contributed by atoms with E-state index >= 15 is 0 Å². The fraction of sp³-hybridized carbons (Fsp3) is 0.278. The summed E-state index contributed by atoms with van der Waals surface area (Å²) in [7, 11) is 2.01. The SMILES string of the molecule is Cc1ccc(NC(=O)C2Cc3ccccc3CN2C)cc1. The van der Waals surface area contributed by atoms with Gasteiger partial charge in [0, 0.05) is 12.2 Å². The van der Waals surface area contributed by atoms with E-state index in [1.54, 1.807) is 0 Å². The summed E-state index contributed by atoms with van der Waals surface area (Å²) in [6.45, 7) is 2.86. The van der Waals surface area contributed by atoms with Gasteiger partial charge in [0.25, 0.3) is 0 Å². The average molecular weight is 280 g/mol.